The largest absolute Gasteiger partial charge is 0.292 e. The molecular formula is C23H21ClN6O2. The number of carbonyl (C=O) groups is 1. The molecule has 0 spiro atoms. The molecule has 2 aromatic carbocycles. The first-order chi connectivity index (χ1) is 15.4. The van der Waals surface area contributed by atoms with Gasteiger partial charge in [0.15, 0.2) is 5.69 Å². The van der Waals surface area contributed by atoms with Gasteiger partial charge < -0.3 is 0 Å². The number of amides is 1. The first kappa shape index (κ1) is 21.5. The van der Waals surface area contributed by atoms with Gasteiger partial charge in [0.1, 0.15) is 0 Å². The van der Waals surface area contributed by atoms with Crippen molar-refractivity contribution in [3.63, 3.8) is 0 Å². The van der Waals surface area contributed by atoms with Crippen LogP contribution in [0.3, 0.4) is 0 Å². The summed E-state index contributed by atoms with van der Waals surface area (Å²) < 4.78 is 3.00. The van der Waals surface area contributed by atoms with Crippen LogP contribution in [0.15, 0.2) is 58.4 Å². The van der Waals surface area contributed by atoms with E-state index in [9.17, 15) is 9.59 Å². The molecule has 0 aliphatic heterocycles. The zero-order valence-corrected chi connectivity index (χ0v) is 18.6. The summed E-state index contributed by atoms with van der Waals surface area (Å²) in [4.78, 5) is 25.0. The lowest BCUT2D eigenvalue weighted by Gasteiger charge is -2.07. The lowest BCUT2D eigenvalue weighted by atomic mass is 10.1. The van der Waals surface area contributed by atoms with Crippen LogP contribution in [-0.4, -0.2) is 31.7 Å². The number of aryl methyl sites for hydroxylation is 2. The minimum Gasteiger partial charge on any atom is -0.267 e. The quantitative estimate of drug-likeness (QED) is 0.374. The zero-order chi connectivity index (χ0) is 22.8. The van der Waals surface area contributed by atoms with Gasteiger partial charge in [0, 0.05) is 28.7 Å². The molecule has 2 aromatic heterocycles. The fourth-order valence-electron chi connectivity index (χ4n) is 3.52. The molecule has 162 valence electrons. The molecule has 0 radical (unpaired) electrons. The van der Waals surface area contributed by atoms with Crippen LogP contribution < -0.4 is 11.0 Å². The Balaban J connectivity index is 1.56. The summed E-state index contributed by atoms with van der Waals surface area (Å²) in [5, 5.41) is 14.4. The average molecular weight is 449 g/mol. The van der Waals surface area contributed by atoms with E-state index in [-0.39, 0.29) is 11.3 Å². The summed E-state index contributed by atoms with van der Waals surface area (Å²) in [5.41, 5.74) is 5.80. The van der Waals surface area contributed by atoms with Crippen molar-refractivity contribution >= 4 is 34.5 Å². The number of hydrogen-bond donors (Lipinski definition) is 1. The molecule has 0 fully saturated rings. The Hall–Kier alpha value is -3.78. The second-order valence-corrected chi connectivity index (χ2v) is 7.76. The lowest BCUT2D eigenvalue weighted by molar-refractivity contribution is 0.0950. The van der Waals surface area contributed by atoms with Crippen molar-refractivity contribution in [1.29, 1.82) is 0 Å². The maximum atomic E-state index is 12.7. The topological polar surface area (TPSA) is 94.2 Å². The van der Waals surface area contributed by atoms with Crippen LogP contribution in [0.25, 0.3) is 10.8 Å². The SMILES string of the molecule is Cc1nn(Cc2ccccc2Cl)c(C)c1/C=N/NC(=O)c1nn(C)c(=O)c2ccccc12. The minimum absolute atomic E-state index is 0.128. The second kappa shape index (κ2) is 8.76. The third-order valence-electron chi connectivity index (χ3n) is 5.25. The molecule has 0 atom stereocenters. The van der Waals surface area contributed by atoms with Crippen LogP contribution >= 0.6 is 11.6 Å². The molecule has 8 nitrogen and oxygen atoms in total. The average Bonchev–Trinajstić information content (AvgIpc) is 3.05. The lowest BCUT2D eigenvalue weighted by Crippen LogP contribution is -2.27. The van der Waals surface area contributed by atoms with Crippen molar-refractivity contribution < 1.29 is 4.79 Å². The van der Waals surface area contributed by atoms with Gasteiger partial charge in [0.2, 0.25) is 0 Å². The Morgan fingerprint density at radius 2 is 1.78 bits per heavy atom. The number of benzene rings is 2. The fourth-order valence-corrected chi connectivity index (χ4v) is 3.71. The first-order valence-corrected chi connectivity index (χ1v) is 10.3. The van der Waals surface area contributed by atoms with Crippen molar-refractivity contribution in [3.05, 3.63) is 92.1 Å². The summed E-state index contributed by atoms with van der Waals surface area (Å²) in [6.45, 7) is 4.34. The predicted molar refractivity (Wildman–Crippen MR) is 124 cm³/mol. The maximum absolute atomic E-state index is 12.7. The summed E-state index contributed by atoms with van der Waals surface area (Å²) in [7, 11) is 1.51. The normalized spacial score (nSPS) is 11.4. The van der Waals surface area contributed by atoms with Gasteiger partial charge in [-0.3, -0.25) is 14.3 Å². The zero-order valence-electron chi connectivity index (χ0n) is 17.8. The third-order valence-corrected chi connectivity index (χ3v) is 5.62. The maximum Gasteiger partial charge on any atom is 0.292 e. The van der Waals surface area contributed by atoms with Crippen molar-refractivity contribution in [2.75, 3.05) is 0 Å². The number of carbonyl (C=O) groups excluding carboxylic acids is 1. The number of halogens is 1. The Morgan fingerprint density at radius 3 is 2.53 bits per heavy atom. The molecule has 9 heteroatoms. The minimum atomic E-state index is -0.508. The van der Waals surface area contributed by atoms with Crippen LogP contribution in [0.4, 0.5) is 0 Å². The first-order valence-electron chi connectivity index (χ1n) is 9.93. The number of aromatic nitrogens is 4. The number of hydrazone groups is 1. The second-order valence-electron chi connectivity index (χ2n) is 7.36. The van der Waals surface area contributed by atoms with Gasteiger partial charge in [-0.2, -0.15) is 15.3 Å². The number of nitrogens with zero attached hydrogens (tertiary/aromatic N) is 5. The van der Waals surface area contributed by atoms with Gasteiger partial charge in [-0.15, -0.1) is 0 Å². The van der Waals surface area contributed by atoms with Crippen molar-refractivity contribution in [3.8, 4) is 0 Å². The highest BCUT2D eigenvalue weighted by atomic mass is 35.5. The monoisotopic (exact) mass is 448 g/mol. The highest BCUT2D eigenvalue weighted by Crippen LogP contribution is 2.19. The van der Waals surface area contributed by atoms with E-state index >= 15 is 0 Å². The van der Waals surface area contributed by atoms with Gasteiger partial charge in [0.25, 0.3) is 11.5 Å². The summed E-state index contributed by atoms with van der Waals surface area (Å²) in [5.74, 6) is -0.508. The van der Waals surface area contributed by atoms with E-state index in [1.54, 1.807) is 30.5 Å². The molecule has 0 saturated heterocycles. The number of fused-ring (bicyclic) bond motifs is 1. The Bertz CT molecular complexity index is 1420. The van der Waals surface area contributed by atoms with Crippen LogP contribution in [0, 0.1) is 13.8 Å². The van der Waals surface area contributed by atoms with E-state index in [1.807, 2.05) is 42.8 Å². The van der Waals surface area contributed by atoms with Gasteiger partial charge >= 0.3 is 0 Å². The van der Waals surface area contributed by atoms with E-state index in [1.165, 1.54) is 7.05 Å². The molecule has 1 amide bonds. The standard InChI is InChI=1S/C23H21ClN6O2/c1-14-19(15(2)30(27-14)13-16-8-4-7-11-20(16)24)12-25-26-22(31)21-17-9-5-6-10-18(17)23(32)29(3)28-21/h4-12H,13H2,1-3H3,(H,26,31)/b25-12+. The van der Waals surface area contributed by atoms with Crippen molar-refractivity contribution in [2.45, 2.75) is 20.4 Å². The Kier molecular flexibility index (Phi) is 5.87. The van der Waals surface area contributed by atoms with Crippen molar-refractivity contribution in [1.82, 2.24) is 25.0 Å². The van der Waals surface area contributed by atoms with Crippen LogP contribution in [-0.2, 0) is 13.6 Å². The van der Waals surface area contributed by atoms with Crippen LogP contribution in [0.1, 0.15) is 33.0 Å². The Morgan fingerprint density at radius 1 is 1.09 bits per heavy atom. The van der Waals surface area contributed by atoms with Crippen molar-refractivity contribution in [2.24, 2.45) is 12.1 Å². The van der Waals surface area contributed by atoms with Gasteiger partial charge in [-0.1, -0.05) is 48.0 Å². The molecular weight excluding hydrogens is 428 g/mol. The fraction of sp³-hybridized carbons (Fsp3) is 0.174. The van der Waals surface area contributed by atoms with E-state index in [0.717, 1.165) is 27.2 Å². The predicted octanol–water partition coefficient (Wildman–Crippen LogP) is 3.21. The number of nitrogens with one attached hydrogen (secondary N) is 1. The smallest absolute Gasteiger partial charge is 0.267 e. The van der Waals surface area contributed by atoms with Gasteiger partial charge in [-0.05, 0) is 31.5 Å². The Labute approximate surface area is 189 Å². The van der Waals surface area contributed by atoms with Crippen LogP contribution in [0.5, 0.6) is 0 Å². The summed E-state index contributed by atoms with van der Waals surface area (Å²) in [6, 6.07) is 14.5. The van der Waals surface area contributed by atoms with E-state index < -0.39 is 5.91 Å². The number of rotatable bonds is 5. The molecule has 32 heavy (non-hydrogen) atoms. The van der Waals surface area contributed by atoms with E-state index in [4.69, 9.17) is 11.6 Å². The van der Waals surface area contributed by atoms with E-state index in [0.29, 0.717) is 22.3 Å². The number of hydrogen-bond acceptors (Lipinski definition) is 5. The molecule has 4 aromatic rings. The molecule has 4 rings (SSSR count). The summed E-state index contributed by atoms with van der Waals surface area (Å²) in [6.07, 6.45) is 1.56. The highest BCUT2D eigenvalue weighted by molar-refractivity contribution is 6.31. The van der Waals surface area contributed by atoms with Gasteiger partial charge in [0.05, 0.1) is 23.8 Å². The van der Waals surface area contributed by atoms with E-state index in [2.05, 4.69) is 20.7 Å². The van der Waals surface area contributed by atoms with Gasteiger partial charge in [-0.25, -0.2) is 10.1 Å². The van der Waals surface area contributed by atoms with Crippen LogP contribution in [0.2, 0.25) is 5.02 Å². The highest BCUT2D eigenvalue weighted by Gasteiger charge is 2.16. The molecule has 0 aliphatic carbocycles. The molecule has 1 N–H and O–H groups in total. The third kappa shape index (κ3) is 4.04. The molecule has 0 saturated carbocycles. The molecule has 0 unspecified atom stereocenters. The molecule has 0 aliphatic rings. The molecule has 0 bridgehead atoms. The summed E-state index contributed by atoms with van der Waals surface area (Å²) >= 11 is 6.27. The molecule has 2 heterocycles.